The third-order valence-electron chi connectivity index (χ3n) is 2.06. The van der Waals surface area contributed by atoms with Crippen molar-refractivity contribution in [2.75, 3.05) is 0 Å². The van der Waals surface area contributed by atoms with E-state index < -0.39 is 5.91 Å². The number of rotatable bonds is 4. The lowest BCUT2D eigenvalue weighted by Gasteiger charge is -2.08. The van der Waals surface area contributed by atoms with Crippen LogP contribution in [-0.4, -0.2) is 5.91 Å². The summed E-state index contributed by atoms with van der Waals surface area (Å²) in [5, 5.41) is 8.51. The summed E-state index contributed by atoms with van der Waals surface area (Å²) in [4.78, 5) is 11.0. The van der Waals surface area contributed by atoms with Gasteiger partial charge in [0.2, 0.25) is 5.91 Å². The van der Waals surface area contributed by atoms with Crippen LogP contribution in [0.4, 0.5) is 0 Å². The zero-order valence-corrected chi connectivity index (χ0v) is 7.81. The first-order chi connectivity index (χ1) is 6.74. The zero-order chi connectivity index (χ0) is 10.4. The van der Waals surface area contributed by atoms with Crippen LogP contribution in [0.1, 0.15) is 12.0 Å². The summed E-state index contributed by atoms with van der Waals surface area (Å²) >= 11 is 0. The van der Waals surface area contributed by atoms with Crippen LogP contribution in [0.25, 0.3) is 0 Å². The molecule has 1 aromatic carbocycles. The van der Waals surface area contributed by atoms with E-state index in [1.54, 1.807) is 0 Å². The van der Waals surface area contributed by atoms with Gasteiger partial charge in [-0.25, -0.2) is 0 Å². The van der Waals surface area contributed by atoms with Gasteiger partial charge in [-0.1, -0.05) is 30.3 Å². The summed E-state index contributed by atoms with van der Waals surface area (Å²) in [6, 6.07) is 11.5. The molecule has 1 unspecified atom stereocenters. The predicted octanol–water partition coefficient (Wildman–Crippen LogP) is 1.24. The van der Waals surface area contributed by atoms with Crippen LogP contribution in [0.2, 0.25) is 0 Å². The molecule has 2 N–H and O–H groups in total. The Balaban J connectivity index is 2.66. The number of nitrogens with two attached hydrogens (primary N) is 1. The number of hydrogen-bond acceptors (Lipinski definition) is 2. The molecule has 0 saturated carbocycles. The second-order valence-electron chi connectivity index (χ2n) is 3.15. The molecule has 1 amide bonds. The van der Waals surface area contributed by atoms with Gasteiger partial charge in [-0.05, 0) is 12.0 Å². The number of hydrogen-bond donors (Lipinski definition) is 1. The van der Waals surface area contributed by atoms with Crippen LogP contribution in [0.3, 0.4) is 0 Å². The van der Waals surface area contributed by atoms with E-state index in [4.69, 9.17) is 11.0 Å². The molecule has 3 nitrogen and oxygen atoms in total. The van der Waals surface area contributed by atoms with Crippen molar-refractivity contribution in [3.63, 3.8) is 0 Å². The number of nitrogens with zero attached hydrogens (tertiary/aromatic N) is 1. The Morgan fingerprint density at radius 3 is 2.57 bits per heavy atom. The van der Waals surface area contributed by atoms with Gasteiger partial charge in [0.15, 0.2) is 0 Å². The molecule has 1 rings (SSSR count). The molecule has 0 aliphatic heterocycles. The number of amides is 1. The molecule has 0 spiro atoms. The van der Waals surface area contributed by atoms with Gasteiger partial charge in [-0.3, -0.25) is 4.79 Å². The minimum atomic E-state index is -0.407. The fourth-order valence-corrected chi connectivity index (χ4v) is 1.28. The van der Waals surface area contributed by atoms with Gasteiger partial charge in [-0.2, -0.15) is 5.26 Å². The van der Waals surface area contributed by atoms with Crippen molar-refractivity contribution < 1.29 is 4.79 Å². The molecular formula is C11H12N2O. The monoisotopic (exact) mass is 188 g/mol. The van der Waals surface area contributed by atoms with Crippen molar-refractivity contribution in [3.05, 3.63) is 35.9 Å². The maximum Gasteiger partial charge on any atom is 0.221 e. The van der Waals surface area contributed by atoms with Gasteiger partial charge >= 0.3 is 0 Å². The fourth-order valence-electron chi connectivity index (χ4n) is 1.28. The van der Waals surface area contributed by atoms with Crippen molar-refractivity contribution >= 4 is 5.91 Å². The first-order valence-electron chi connectivity index (χ1n) is 4.44. The van der Waals surface area contributed by atoms with Gasteiger partial charge in [-0.15, -0.1) is 0 Å². The molecular weight excluding hydrogens is 176 g/mol. The van der Waals surface area contributed by atoms with Crippen LogP contribution < -0.4 is 5.73 Å². The molecule has 0 bridgehead atoms. The summed E-state index contributed by atoms with van der Waals surface area (Å²) in [6.45, 7) is 0. The van der Waals surface area contributed by atoms with E-state index in [1.165, 1.54) is 0 Å². The topological polar surface area (TPSA) is 66.9 Å². The molecule has 0 fully saturated rings. The SMILES string of the molecule is N#CCC(Cc1ccccc1)C(N)=O. The summed E-state index contributed by atoms with van der Waals surface area (Å²) in [6.07, 6.45) is 0.730. The second-order valence-corrected chi connectivity index (χ2v) is 3.15. The van der Waals surface area contributed by atoms with E-state index in [1.807, 2.05) is 36.4 Å². The lowest BCUT2D eigenvalue weighted by Crippen LogP contribution is -2.24. The summed E-state index contributed by atoms with van der Waals surface area (Å²) < 4.78 is 0. The lowest BCUT2D eigenvalue weighted by molar-refractivity contribution is -0.121. The van der Waals surface area contributed by atoms with Crippen LogP contribution in [0.5, 0.6) is 0 Å². The van der Waals surface area contributed by atoms with E-state index in [2.05, 4.69) is 0 Å². The van der Waals surface area contributed by atoms with Gasteiger partial charge in [0.25, 0.3) is 0 Å². The van der Waals surface area contributed by atoms with Gasteiger partial charge in [0.05, 0.1) is 12.0 Å². The van der Waals surface area contributed by atoms with E-state index in [0.29, 0.717) is 6.42 Å². The highest BCUT2D eigenvalue weighted by molar-refractivity contribution is 5.77. The maximum absolute atomic E-state index is 11.0. The second kappa shape index (κ2) is 5.03. The third kappa shape index (κ3) is 2.91. The van der Waals surface area contributed by atoms with Crippen LogP contribution >= 0.6 is 0 Å². The molecule has 1 aromatic rings. The molecule has 0 heterocycles. The Hall–Kier alpha value is -1.82. The largest absolute Gasteiger partial charge is 0.369 e. The molecule has 0 saturated heterocycles. The van der Waals surface area contributed by atoms with E-state index in [-0.39, 0.29) is 12.3 Å². The Labute approximate surface area is 83.2 Å². The molecule has 1 atom stereocenters. The van der Waals surface area contributed by atoms with Crippen molar-refractivity contribution in [1.82, 2.24) is 0 Å². The number of primary amides is 1. The summed E-state index contributed by atoms with van der Waals surface area (Å²) in [5.74, 6) is -0.780. The molecule has 0 aliphatic rings. The number of nitriles is 1. The maximum atomic E-state index is 11.0. The normalized spacial score (nSPS) is 11.6. The first-order valence-corrected chi connectivity index (χ1v) is 4.44. The molecule has 72 valence electrons. The highest BCUT2D eigenvalue weighted by atomic mass is 16.1. The molecule has 14 heavy (non-hydrogen) atoms. The van der Waals surface area contributed by atoms with E-state index in [0.717, 1.165) is 5.56 Å². The van der Waals surface area contributed by atoms with Crippen molar-refractivity contribution in [2.45, 2.75) is 12.8 Å². The summed E-state index contributed by atoms with van der Waals surface area (Å²) in [7, 11) is 0. The molecule has 0 aromatic heterocycles. The third-order valence-corrected chi connectivity index (χ3v) is 2.06. The molecule has 3 heteroatoms. The highest BCUT2D eigenvalue weighted by Gasteiger charge is 2.14. The summed E-state index contributed by atoms with van der Waals surface area (Å²) in [5.41, 5.74) is 6.21. The Bertz CT molecular complexity index is 340. The minimum Gasteiger partial charge on any atom is -0.369 e. The van der Waals surface area contributed by atoms with Crippen LogP contribution in [0, 0.1) is 17.2 Å². The van der Waals surface area contributed by atoms with Crippen LogP contribution in [0.15, 0.2) is 30.3 Å². The van der Waals surface area contributed by atoms with Gasteiger partial charge in [0.1, 0.15) is 0 Å². The Morgan fingerprint density at radius 1 is 1.43 bits per heavy atom. The van der Waals surface area contributed by atoms with Crippen molar-refractivity contribution in [1.29, 1.82) is 5.26 Å². The quantitative estimate of drug-likeness (QED) is 0.772. The average Bonchev–Trinajstić information content (AvgIpc) is 2.18. The van der Waals surface area contributed by atoms with Crippen molar-refractivity contribution in [3.8, 4) is 6.07 Å². The number of carbonyl (C=O) groups is 1. The predicted molar refractivity (Wildman–Crippen MR) is 53.1 cm³/mol. The molecule has 0 aliphatic carbocycles. The minimum absolute atomic E-state index is 0.185. The first kappa shape index (κ1) is 10.3. The lowest BCUT2D eigenvalue weighted by atomic mass is 9.96. The van der Waals surface area contributed by atoms with Gasteiger partial charge in [0, 0.05) is 6.42 Å². The fraction of sp³-hybridized carbons (Fsp3) is 0.273. The Morgan fingerprint density at radius 2 is 2.07 bits per heavy atom. The number of benzene rings is 1. The van der Waals surface area contributed by atoms with Crippen molar-refractivity contribution in [2.24, 2.45) is 11.7 Å². The smallest absolute Gasteiger partial charge is 0.221 e. The van der Waals surface area contributed by atoms with Crippen LogP contribution in [-0.2, 0) is 11.2 Å². The van der Waals surface area contributed by atoms with E-state index in [9.17, 15) is 4.79 Å². The Kier molecular flexibility index (Phi) is 3.69. The highest BCUT2D eigenvalue weighted by Crippen LogP contribution is 2.11. The number of carbonyl (C=O) groups excluding carboxylic acids is 1. The molecule has 0 radical (unpaired) electrons. The van der Waals surface area contributed by atoms with E-state index >= 15 is 0 Å². The standard InChI is InChI=1S/C11H12N2O/c12-7-6-10(11(13)14)8-9-4-2-1-3-5-9/h1-5,10H,6,8H2,(H2,13,14). The van der Waals surface area contributed by atoms with Gasteiger partial charge < -0.3 is 5.73 Å². The zero-order valence-electron chi connectivity index (χ0n) is 7.81. The average molecular weight is 188 g/mol.